The van der Waals surface area contributed by atoms with E-state index in [-0.39, 0.29) is 26.2 Å². The largest absolute Gasteiger partial charge is 0 e. The smallest absolute Gasteiger partial charge is 0 e. The Morgan fingerprint density at radius 1 is 1.12 bits per heavy atom. The van der Waals surface area contributed by atoms with E-state index < -0.39 is 19.7 Å². The van der Waals surface area contributed by atoms with Crippen molar-refractivity contribution < 1.29 is 44.3 Å². The van der Waals surface area contributed by atoms with Gasteiger partial charge in [0.25, 0.3) is 5.97 Å². The van der Waals surface area contributed by atoms with Gasteiger partial charge in [0.05, 0.1) is 13.2 Å². The second-order valence-corrected chi connectivity index (χ2v) is 13.8. The van der Waals surface area contributed by atoms with Crippen LogP contribution in [-0.2, 0) is 35.7 Å². The van der Waals surface area contributed by atoms with E-state index in [9.17, 15) is 8.61 Å². The second-order valence-electron chi connectivity index (χ2n) is 6.54. The maximum Gasteiger partial charge on any atom is 0 e. The summed E-state index contributed by atoms with van der Waals surface area (Å²) in [5.41, 5.74) is 0. The number of rotatable bonds is 11. The van der Waals surface area contributed by atoms with E-state index in [0.29, 0.717) is 19.6 Å². The van der Waals surface area contributed by atoms with E-state index in [4.69, 9.17) is 9.47 Å². The first-order valence-corrected chi connectivity index (χ1v) is 15.3. The third-order valence-corrected chi connectivity index (χ3v) is 6.96. The van der Waals surface area contributed by atoms with Gasteiger partial charge in [-0.25, -0.2) is 0 Å². The standard InChI is InChI=1S/C12H26O3.C7H10FGe.Zr/c1-4-7-10-14-12(13,9-6-3)15-11-8-5-2;1-9(2,8)7-5-3-4-6-7;/h13H,4-11H2,1-3H3;3,5H,4H2,1-2H3;/q;-1;. The molecule has 1 aliphatic rings. The van der Waals surface area contributed by atoms with Gasteiger partial charge in [-0.05, 0) is 19.3 Å². The minimum atomic E-state index is -2.96. The average molecular weight is 495 g/mol. The number of unbranched alkanes of at least 4 members (excludes halogenated alkanes) is 2. The van der Waals surface area contributed by atoms with Crippen molar-refractivity contribution in [1.82, 2.24) is 0 Å². The number of hydrogen-bond donors (Lipinski definition) is 1. The maximum atomic E-state index is 13.1. The van der Waals surface area contributed by atoms with Gasteiger partial charge in [0.2, 0.25) is 0 Å². The number of ether oxygens (including phenoxy) is 2. The Morgan fingerprint density at radius 3 is 1.92 bits per heavy atom. The van der Waals surface area contributed by atoms with Gasteiger partial charge in [-0.2, -0.15) is 0 Å². The normalized spacial score (nSPS) is 13.8. The Hall–Kier alpha value is 0.716. The van der Waals surface area contributed by atoms with Gasteiger partial charge in [-0.1, -0.05) is 33.6 Å². The topological polar surface area (TPSA) is 38.7 Å². The van der Waals surface area contributed by atoms with Crippen LogP contribution in [0.4, 0.5) is 3.50 Å². The first kappa shape index (κ1) is 27.9. The molecule has 0 fully saturated rings. The molecular formula is C19H36FGeO3Zr-. The molecule has 0 aromatic rings. The molecular weight excluding hydrogens is 459 g/mol. The van der Waals surface area contributed by atoms with E-state index in [1.807, 2.05) is 19.1 Å². The zero-order valence-electron chi connectivity index (χ0n) is 16.7. The predicted octanol–water partition coefficient (Wildman–Crippen LogP) is 5.45. The van der Waals surface area contributed by atoms with Gasteiger partial charge in [-0.15, -0.1) is 0 Å². The summed E-state index contributed by atoms with van der Waals surface area (Å²) in [6, 6.07) is 0. The van der Waals surface area contributed by atoms with Gasteiger partial charge >= 0.3 is 57.8 Å². The molecule has 0 aromatic carbocycles. The van der Waals surface area contributed by atoms with Crippen molar-refractivity contribution >= 4 is 13.7 Å². The van der Waals surface area contributed by atoms with Gasteiger partial charge < -0.3 is 14.6 Å². The third kappa shape index (κ3) is 14.4. The second kappa shape index (κ2) is 15.7. The predicted molar refractivity (Wildman–Crippen MR) is 101 cm³/mol. The molecule has 0 aliphatic heterocycles. The van der Waals surface area contributed by atoms with Crippen molar-refractivity contribution in [3.05, 3.63) is 22.6 Å². The summed E-state index contributed by atoms with van der Waals surface area (Å²) in [5.74, 6) is 2.12. The molecule has 0 bridgehead atoms. The van der Waals surface area contributed by atoms with Crippen molar-refractivity contribution in [3.8, 4) is 0 Å². The fourth-order valence-corrected chi connectivity index (χ4v) is 4.24. The SMILES string of the molecule is CCCCOC(O)(CCC)OCCCC.[CH3][Ge]([CH3])([F])[C]1=[C-]CC=C1.[Zr]. The first-order chi connectivity index (χ1) is 11.3. The monoisotopic (exact) mass is 495 g/mol. The van der Waals surface area contributed by atoms with Crippen LogP contribution in [-0.4, -0.2) is 38.0 Å². The number of hydrogen-bond acceptors (Lipinski definition) is 3. The van der Waals surface area contributed by atoms with Gasteiger partial charge in [0.15, 0.2) is 0 Å². The van der Waals surface area contributed by atoms with Crippen LogP contribution in [0.3, 0.4) is 0 Å². The molecule has 0 aromatic heterocycles. The molecule has 0 radical (unpaired) electrons. The van der Waals surface area contributed by atoms with E-state index >= 15 is 0 Å². The fourth-order valence-electron chi connectivity index (χ4n) is 2.07. The molecule has 146 valence electrons. The van der Waals surface area contributed by atoms with E-state index in [1.54, 1.807) is 11.5 Å². The van der Waals surface area contributed by atoms with Crippen LogP contribution in [0.25, 0.3) is 0 Å². The van der Waals surface area contributed by atoms with Crippen molar-refractivity contribution in [2.75, 3.05) is 13.2 Å². The van der Waals surface area contributed by atoms with Crippen LogP contribution in [0, 0.1) is 6.08 Å². The molecule has 6 heteroatoms. The molecule has 0 atom stereocenters. The van der Waals surface area contributed by atoms with Crippen LogP contribution >= 0.6 is 0 Å². The van der Waals surface area contributed by atoms with E-state index in [0.717, 1.165) is 42.9 Å². The molecule has 1 N–H and O–H groups in total. The van der Waals surface area contributed by atoms with Gasteiger partial charge in [0, 0.05) is 32.6 Å². The first-order valence-electron chi connectivity index (χ1n) is 9.26. The summed E-state index contributed by atoms with van der Waals surface area (Å²) >= 11 is -2.96. The Balaban J connectivity index is 0. The third-order valence-electron chi connectivity index (χ3n) is 3.55. The number of aliphatic hydroxyl groups is 1. The van der Waals surface area contributed by atoms with Crippen molar-refractivity contribution in [3.63, 3.8) is 0 Å². The van der Waals surface area contributed by atoms with Gasteiger partial charge in [-0.3, -0.25) is 0 Å². The quantitative estimate of drug-likeness (QED) is 0.179. The van der Waals surface area contributed by atoms with Crippen LogP contribution < -0.4 is 0 Å². The summed E-state index contributed by atoms with van der Waals surface area (Å²) in [6.07, 6.45) is 13.1. The number of halogens is 1. The summed E-state index contributed by atoms with van der Waals surface area (Å²) in [6.45, 7) is 7.34. The summed E-state index contributed by atoms with van der Waals surface area (Å²) in [7, 11) is 0. The average Bonchev–Trinajstić information content (AvgIpc) is 3.03. The summed E-state index contributed by atoms with van der Waals surface area (Å²) < 4.78 is 24.8. The fraction of sp³-hybridized carbons (Fsp3) is 0.789. The molecule has 1 rings (SSSR count). The molecule has 0 spiro atoms. The molecule has 0 amide bonds. The van der Waals surface area contributed by atoms with Gasteiger partial charge in [0.1, 0.15) is 0 Å². The minimum Gasteiger partial charge on any atom is 0 e. The summed E-state index contributed by atoms with van der Waals surface area (Å²) in [4.78, 5) is 0. The molecule has 1 aliphatic carbocycles. The zero-order chi connectivity index (χ0) is 18.5. The van der Waals surface area contributed by atoms with Crippen molar-refractivity contribution in [1.29, 1.82) is 0 Å². The van der Waals surface area contributed by atoms with Crippen LogP contribution in [0.5, 0.6) is 0 Å². The van der Waals surface area contributed by atoms with Crippen molar-refractivity contribution in [2.24, 2.45) is 0 Å². The molecule has 25 heavy (non-hydrogen) atoms. The summed E-state index contributed by atoms with van der Waals surface area (Å²) in [5, 5.41) is 10.0. The van der Waals surface area contributed by atoms with E-state index in [1.165, 1.54) is 0 Å². The van der Waals surface area contributed by atoms with Crippen LogP contribution in [0.1, 0.15) is 65.7 Å². The number of allylic oxidation sites excluding steroid dienone is 4. The van der Waals surface area contributed by atoms with Crippen LogP contribution in [0.2, 0.25) is 11.5 Å². The molecule has 0 heterocycles. The van der Waals surface area contributed by atoms with Crippen molar-refractivity contribution in [2.45, 2.75) is 83.2 Å². The molecule has 0 saturated carbocycles. The Morgan fingerprint density at radius 2 is 1.64 bits per heavy atom. The minimum absolute atomic E-state index is 0. The molecule has 3 nitrogen and oxygen atoms in total. The molecule has 0 unspecified atom stereocenters. The Kier molecular flexibility index (Phi) is 17.6. The Labute approximate surface area is 176 Å². The maximum absolute atomic E-state index is 13.1. The zero-order valence-corrected chi connectivity index (χ0v) is 21.2. The Bertz CT molecular complexity index is 371. The van der Waals surface area contributed by atoms with Crippen LogP contribution in [0.15, 0.2) is 16.6 Å². The molecule has 0 saturated heterocycles. The van der Waals surface area contributed by atoms with E-state index in [2.05, 4.69) is 19.9 Å².